The molecule has 1 rings (SSSR count). The summed E-state index contributed by atoms with van der Waals surface area (Å²) in [7, 11) is 0.303. The summed E-state index contributed by atoms with van der Waals surface area (Å²) in [6.45, 7) is 5.72. The molecular formula is C16H33N5O3S. The fourth-order valence-electron chi connectivity index (χ4n) is 2.48. The smallest absolute Gasteiger partial charge is 0.243 e. The first-order valence-electron chi connectivity index (χ1n) is 9.03. The van der Waals surface area contributed by atoms with Gasteiger partial charge in [-0.3, -0.25) is 4.79 Å². The summed E-state index contributed by atoms with van der Waals surface area (Å²) in [5.74, 6) is 0.712. The van der Waals surface area contributed by atoms with E-state index < -0.39 is 10.0 Å². The number of guanidine groups is 1. The van der Waals surface area contributed by atoms with Crippen LogP contribution in [0.25, 0.3) is 0 Å². The van der Waals surface area contributed by atoms with Crippen LogP contribution in [-0.2, 0) is 14.8 Å². The van der Waals surface area contributed by atoms with Crippen LogP contribution < -0.4 is 10.6 Å². The minimum absolute atomic E-state index is 0.0551. The molecule has 0 spiro atoms. The van der Waals surface area contributed by atoms with Crippen molar-refractivity contribution >= 4 is 21.9 Å². The molecule has 1 saturated heterocycles. The minimum atomic E-state index is -3.11. The number of nitrogens with one attached hydrogen (secondary N) is 2. The van der Waals surface area contributed by atoms with E-state index in [1.54, 1.807) is 25.3 Å². The number of amides is 1. The second-order valence-electron chi connectivity index (χ2n) is 6.45. The Morgan fingerprint density at radius 2 is 1.88 bits per heavy atom. The highest BCUT2D eigenvalue weighted by Crippen LogP contribution is 2.14. The molecule has 1 heterocycles. The second-order valence-corrected chi connectivity index (χ2v) is 8.71. The number of aliphatic imine (C=N–C) groups is 1. The van der Waals surface area contributed by atoms with Gasteiger partial charge in [0, 0.05) is 39.8 Å². The summed E-state index contributed by atoms with van der Waals surface area (Å²) in [6.07, 6.45) is 3.56. The van der Waals surface area contributed by atoms with Crippen LogP contribution in [0.15, 0.2) is 4.99 Å². The third-order valence-corrected chi connectivity index (χ3v) is 6.13. The van der Waals surface area contributed by atoms with E-state index in [2.05, 4.69) is 22.5 Å². The van der Waals surface area contributed by atoms with Gasteiger partial charge in [-0.25, -0.2) is 17.7 Å². The number of carbonyl (C=O) groups excluding carboxylic acids is 1. The van der Waals surface area contributed by atoms with Gasteiger partial charge in [0.2, 0.25) is 15.9 Å². The van der Waals surface area contributed by atoms with E-state index in [1.165, 1.54) is 4.90 Å². The zero-order chi connectivity index (χ0) is 18.9. The van der Waals surface area contributed by atoms with Gasteiger partial charge in [0.15, 0.2) is 5.96 Å². The summed E-state index contributed by atoms with van der Waals surface area (Å²) in [6, 6.07) is 0.158. The summed E-state index contributed by atoms with van der Waals surface area (Å²) in [5, 5.41) is 6.60. The Kier molecular flexibility index (Phi) is 9.20. The first kappa shape index (κ1) is 21.7. The van der Waals surface area contributed by atoms with Gasteiger partial charge in [0.05, 0.1) is 5.75 Å². The van der Waals surface area contributed by atoms with E-state index in [0.29, 0.717) is 19.0 Å². The molecule has 0 bridgehead atoms. The Morgan fingerprint density at radius 3 is 2.40 bits per heavy atom. The number of likely N-dealkylation sites (N-methyl/N-ethyl adjacent to an activating group) is 1. The highest BCUT2D eigenvalue weighted by Gasteiger charge is 2.27. The van der Waals surface area contributed by atoms with Gasteiger partial charge < -0.3 is 15.5 Å². The normalized spacial score (nSPS) is 17.4. The van der Waals surface area contributed by atoms with Gasteiger partial charge in [-0.2, -0.15) is 0 Å². The van der Waals surface area contributed by atoms with Crippen molar-refractivity contribution in [2.45, 2.75) is 45.6 Å². The van der Waals surface area contributed by atoms with Crippen molar-refractivity contribution in [2.75, 3.05) is 46.0 Å². The monoisotopic (exact) mass is 375 g/mol. The molecule has 0 aromatic heterocycles. The number of hydrogen-bond donors (Lipinski definition) is 2. The summed E-state index contributed by atoms with van der Waals surface area (Å²) in [4.78, 5) is 17.6. The lowest BCUT2D eigenvalue weighted by Crippen LogP contribution is -2.50. The molecule has 1 fully saturated rings. The van der Waals surface area contributed by atoms with Crippen molar-refractivity contribution in [2.24, 2.45) is 4.99 Å². The van der Waals surface area contributed by atoms with Crippen LogP contribution in [0, 0.1) is 0 Å². The van der Waals surface area contributed by atoms with Gasteiger partial charge in [-0.1, -0.05) is 13.3 Å². The average molecular weight is 376 g/mol. The number of rotatable bonds is 8. The van der Waals surface area contributed by atoms with E-state index in [9.17, 15) is 13.2 Å². The van der Waals surface area contributed by atoms with Crippen LogP contribution >= 0.6 is 0 Å². The van der Waals surface area contributed by atoms with E-state index >= 15 is 0 Å². The predicted molar refractivity (Wildman–Crippen MR) is 101 cm³/mol. The quantitative estimate of drug-likeness (QED) is 0.360. The molecular weight excluding hydrogens is 342 g/mol. The number of hydrogen-bond acceptors (Lipinski definition) is 4. The number of carbonyl (C=O) groups is 1. The van der Waals surface area contributed by atoms with Gasteiger partial charge in [0.25, 0.3) is 0 Å². The molecule has 0 radical (unpaired) electrons. The molecule has 0 atom stereocenters. The summed E-state index contributed by atoms with van der Waals surface area (Å²) >= 11 is 0. The van der Waals surface area contributed by atoms with Crippen LogP contribution in [0.5, 0.6) is 0 Å². The molecule has 146 valence electrons. The van der Waals surface area contributed by atoms with Crippen LogP contribution in [0.2, 0.25) is 0 Å². The van der Waals surface area contributed by atoms with Crippen molar-refractivity contribution in [3.05, 3.63) is 0 Å². The topological polar surface area (TPSA) is 94.1 Å². The Balaban J connectivity index is 2.59. The van der Waals surface area contributed by atoms with Crippen LogP contribution in [-0.4, -0.2) is 81.6 Å². The average Bonchev–Trinajstić information content (AvgIpc) is 2.59. The standard InChI is InChI=1S/C16H33N5O3S/c1-5-7-10-17-16(18-13-15(22)20(3)4)19-14-8-11-21(12-9-14)25(23,24)6-2/h14H,5-13H2,1-4H3,(H2,17,18,19). The lowest BCUT2D eigenvalue weighted by molar-refractivity contribution is -0.127. The Labute approximate surface area is 152 Å². The zero-order valence-corrected chi connectivity index (χ0v) is 16.7. The highest BCUT2D eigenvalue weighted by atomic mass is 32.2. The number of nitrogens with zero attached hydrogens (tertiary/aromatic N) is 3. The third-order valence-electron chi connectivity index (χ3n) is 4.25. The fraction of sp³-hybridized carbons (Fsp3) is 0.875. The van der Waals surface area contributed by atoms with E-state index in [-0.39, 0.29) is 24.2 Å². The lowest BCUT2D eigenvalue weighted by atomic mass is 10.1. The van der Waals surface area contributed by atoms with Crippen molar-refractivity contribution in [3.63, 3.8) is 0 Å². The van der Waals surface area contributed by atoms with Crippen molar-refractivity contribution in [1.82, 2.24) is 19.8 Å². The molecule has 25 heavy (non-hydrogen) atoms. The lowest BCUT2D eigenvalue weighted by Gasteiger charge is -2.32. The number of piperidine rings is 1. The van der Waals surface area contributed by atoms with E-state index in [1.807, 2.05) is 0 Å². The van der Waals surface area contributed by atoms with Gasteiger partial charge in [0.1, 0.15) is 6.54 Å². The molecule has 1 aliphatic heterocycles. The third kappa shape index (κ3) is 7.60. The Morgan fingerprint density at radius 1 is 1.24 bits per heavy atom. The Hall–Kier alpha value is -1.35. The molecule has 1 amide bonds. The molecule has 0 aromatic carbocycles. The summed E-state index contributed by atoms with van der Waals surface area (Å²) in [5.41, 5.74) is 0. The maximum Gasteiger partial charge on any atom is 0.243 e. The fourth-order valence-corrected chi connectivity index (χ4v) is 3.61. The molecule has 8 nitrogen and oxygen atoms in total. The molecule has 0 aliphatic carbocycles. The SMILES string of the molecule is CCCCNC(=NCC(=O)N(C)C)NC1CCN(S(=O)(=O)CC)CC1. The van der Waals surface area contributed by atoms with Crippen molar-refractivity contribution in [3.8, 4) is 0 Å². The molecule has 0 unspecified atom stereocenters. The molecule has 0 aromatic rings. The first-order valence-corrected chi connectivity index (χ1v) is 10.6. The highest BCUT2D eigenvalue weighted by molar-refractivity contribution is 7.89. The predicted octanol–water partition coefficient (Wildman–Crippen LogP) is 0.224. The first-order chi connectivity index (χ1) is 11.8. The van der Waals surface area contributed by atoms with Crippen LogP contribution in [0.1, 0.15) is 39.5 Å². The molecule has 1 aliphatic rings. The molecule has 9 heteroatoms. The van der Waals surface area contributed by atoms with E-state index in [0.717, 1.165) is 32.2 Å². The minimum Gasteiger partial charge on any atom is -0.356 e. The molecule has 0 saturated carbocycles. The maximum atomic E-state index is 11.9. The van der Waals surface area contributed by atoms with Gasteiger partial charge >= 0.3 is 0 Å². The van der Waals surface area contributed by atoms with Crippen molar-refractivity contribution in [1.29, 1.82) is 0 Å². The van der Waals surface area contributed by atoms with Crippen molar-refractivity contribution < 1.29 is 13.2 Å². The second kappa shape index (κ2) is 10.6. The van der Waals surface area contributed by atoms with E-state index in [4.69, 9.17) is 0 Å². The summed E-state index contributed by atoms with van der Waals surface area (Å²) < 4.78 is 25.4. The zero-order valence-electron chi connectivity index (χ0n) is 15.9. The largest absolute Gasteiger partial charge is 0.356 e. The van der Waals surface area contributed by atoms with Gasteiger partial charge in [-0.15, -0.1) is 0 Å². The molecule has 2 N–H and O–H groups in total. The van der Waals surface area contributed by atoms with Crippen LogP contribution in [0.4, 0.5) is 0 Å². The Bertz CT molecular complexity index is 540. The maximum absolute atomic E-state index is 11.9. The van der Waals surface area contributed by atoms with Gasteiger partial charge in [-0.05, 0) is 26.2 Å². The number of sulfonamides is 1. The number of unbranched alkanes of at least 4 members (excludes halogenated alkanes) is 1. The van der Waals surface area contributed by atoms with Crippen LogP contribution in [0.3, 0.4) is 0 Å².